The van der Waals surface area contributed by atoms with Crippen LogP contribution in [0.5, 0.6) is 0 Å². The summed E-state index contributed by atoms with van der Waals surface area (Å²) in [5.41, 5.74) is 1.61. The lowest BCUT2D eigenvalue weighted by Gasteiger charge is -2.41. The van der Waals surface area contributed by atoms with Gasteiger partial charge in [0, 0.05) is 37.6 Å². The number of methoxy groups -OCH3 is 1. The molecule has 1 aliphatic heterocycles. The molecule has 1 aliphatic carbocycles. The van der Waals surface area contributed by atoms with E-state index in [9.17, 15) is 4.79 Å². The van der Waals surface area contributed by atoms with Crippen LogP contribution in [0.2, 0.25) is 0 Å². The second-order valence-electron chi connectivity index (χ2n) is 7.66. The molecule has 25 heavy (non-hydrogen) atoms. The average Bonchev–Trinajstić information content (AvgIpc) is 3.40. The highest BCUT2D eigenvalue weighted by molar-refractivity contribution is 5.66. The fraction of sp³-hybridized carbons (Fsp3) is 0.650. The minimum atomic E-state index is -0.712. The average molecular weight is 346 g/mol. The van der Waals surface area contributed by atoms with Gasteiger partial charge in [0.25, 0.3) is 0 Å². The summed E-state index contributed by atoms with van der Waals surface area (Å²) < 4.78 is 5.53. The smallest absolute Gasteiger partial charge is 0.304 e. The molecular weight excluding hydrogens is 316 g/mol. The fourth-order valence-electron chi connectivity index (χ4n) is 4.02. The Labute approximate surface area is 150 Å². The lowest BCUT2D eigenvalue weighted by molar-refractivity contribution is -0.137. The van der Waals surface area contributed by atoms with Crippen LogP contribution in [0, 0.1) is 5.41 Å². The second kappa shape index (κ2) is 8.30. The Morgan fingerprint density at radius 3 is 2.68 bits per heavy atom. The Balaban J connectivity index is 1.47. The van der Waals surface area contributed by atoms with Crippen LogP contribution in [0.25, 0.3) is 0 Å². The number of aliphatic carboxylic acids is 1. The highest BCUT2D eigenvalue weighted by Crippen LogP contribution is 2.41. The molecule has 5 heteroatoms. The Hall–Kier alpha value is -1.43. The van der Waals surface area contributed by atoms with E-state index >= 15 is 0 Å². The topological polar surface area (TPSA) is 61.8 Å². The van der Waals surface area contributed by atoms with Crippen molar-refractivity contribution in [3.05, 3.63) is 35.9 Å². The van der Waals surface area contributed by atoms with Crippen molar-refractivity contribution < 1.29 is 14.6 Å². The SMILES string of the molecule is COCC1(CNC2CC2c2ccccc2)CCN(CCC(=O)O)CC1. The number of carboxylic acids is 1. The molecule has 3 rings (SSSR count). The molecule has 0 radical (unpaired) electrons. The van der Waals surface area contributed by atoms with Gasteiger partial charge in [-0.05, 0) is 37.9 Å². The van der Waals surface area contributed by atoms with Gasteiger partial charge in [-0.2, -0.15) is 0 Å². The molecule has 0 spiro atoms. The van der Waals surface area contributed by atoms with Gasteiger partial charge < -0.3 is 20.1 Å². The summed E-state index contributed by atoms with van der Waals surface area (Å²) in [7, 11) is 1.78. The number of carboxylic acid groups (broad SMARTS) is 1. The molecule has 2 atom stereocenters. The Morgan fingerprint density at radius 1 is 1.32 bits per heavy atom. The first kappa shape index (κ1) is 18.4. The molecule has 0 aromatic heterocycles. The molecular formula is C20H30N2O3. The molecule has 5 nitrogen and oxygen atoms in total. The van der Waals surface area contributed by atoms with E-state index in [2.05, 4.69) is 40.5 Å². The number of piperidine rings is 1. The van der Waals surface area contributed by atoms with Crippen molar-refractivity contribution in [3.63, 3.8) is 0 Å². The van der Waals surface area contributed by atoms with E-state index in [0.717, 1.165) is 39.1 Å². The number of hydrogen-bond donors (Lipinski definition) is 2. The predicted molar refractivity (Wildman–Crippen MR) is 97.8 cm³/mol. The molecule has 1 heterocycles. The number of ether oxygens (including phenoxy) is 1. The predicted octanol–water partition coefficient (Wildman–Crippen LogP) is 2.34. The molecule has 2 N–H and O–H groups in total. The van der Waals surface area contributed by atoms with Gasteiger partial charge in [-0.25, -0.2) is 0 Å². The lowest BCUT2D eigenvalue weighted by Crippen LogP contribution is -2.48. The maximum atomic E-state index is 10.7. The zero-order valence-corrected chi connectivity index (χ0v) is 15.1. The number of hydrogen-bond acceptors (Lipinski definition) is 4. The number of benzene rings is 1. The summed E-state index contributed by atoms with van der Waals surface area (Å²) in [6.45, 7) is 4.35. The van der Waals surface area contributed by atoms with E-state index in [0.29, 0.717) is 18.5 Å². The van der Waals surface area contributed by atoms with Crippen LogP contribution < -0.4 is 5.32 Å². The molecule has 2 unspecified atom stereocenters. The van der Waals surface area contributed by atoms with Crippen molar-refractivity contribution in [1.82, 2.24) is 10.2 Å². The molecule has 1 saturated carbocycles. The highest BCUT2D eigenvalue weighted by atomic mass is 16.5. The molecule has 2 aliphatic rings. The van der Waals surface area contributed by atoms with Crippen LogP contribution in [0.1, 0.15) is 37.2 Å². The largest absolute Gasteiger partial charge is 0.481 e. The summed E-state index contributed by atoms with van der Waals surface area (Å²) in [4.78, 5) is 13.0. The zero-order chi connectivity index (χ0) is 17.7. The van der Waals surface area contributed by atoms with Crippen molar-refractivity contribution in [2.45, 2.75) is 37.6 Å². The van der Waals surface area contributed by atoms with Crippen LogP contribution in [-0.2, 0) is 9.53 Å². The zero-order valence-electron chi connectivity index (χ0n) is 15.1. The first-order chi connectivity index (χ1) is 12.1. The van der Waals surface area contributed by atoms with E-state index in [1.807, 2.05) is 0 Å². The van der Waals surface area contributed by atoms with E-state index < -0.39 is 5.97 Å². The quantitative estimate of drug-likeness (QED) is 0.719. The molecule has 138 valence electrons. The monoisotopic (exact) mass is 346 g/mol. The number of rotatable bonds is 9. The highest BCUT2D eigenvalue weighted by Gasteiger charge is 2.41. The summed E-state index contributed by atoms with van der Waals surface area (Å²) in [5, 5.41) is 12.6. The molecule has 0 bridgehead atoms. The maximum absolute atomic E-state index is 10.7. The van der Waals surface area contributed by atoms with Crippen molar-refractivity contribution >= 4 is 5.97 Å². The summed E-state index contributed by atoms with van der Waals surface area (Å²) in [6.07, 6.45) is 3.58. The molecule has 2 fully saturated rings. The molecule has 1 aromatic carbocycles. The lowest BCUT2D eigenvalue weighted by atomic mass is 9.78. The summed E-state index contributed by atoms with van der Waals surface area (Å²) >= 11 is 0. The van der Waals surface area contributed by atoms with Gasteiger partial charge in [0.15, 0.2) is 0 Å². The van der Waals surface area contributed by atoms with Crippen LogP contribution in [0.3, 0.4) is 0 Å². The third-order valence-corrected chi connectivity index (χ3v) is 5.77. The first-order valence-electron chi connectivity index (χ1n) is 9.33. The maximum Gasteiger partial charge on any atom is 0.304 e. The minimum absolute atomic E-state index is 0.179. The van der Waals surface area contributed by atoms with Crippen molar-refractivity contribution in [2.75, 3.05) is 39.9 Å². The Bertz CT molecular complexity index is 555. The first-order valence-corrected chi connectivity index (χ1v) is 9.33. The normalized spacial score (nSPS) is 25.6. The van der Waals surface area contributed by atoms with Crippen molar-refractivity contribution in [3.8, 4) is 0 Å². The van der Waals surface area contributed by atoms with E-state index in [4.69, 9.17) is 9.84 Å². The van der Waals surface area contributed by atoms with Crippen molar-refractivity contribution in [2.24, 2.45) is 5.41 Å². The number of nitrogens with one attached hydrogen (secondary N) is 1. The minimum Gasteiger partial charge on any atom is -0.481 e. The summed E-state index contributed by atoms with van der Waals surface area (Å²) in [6, 6.07) is 11.3. The summed E-state index contributed by atoms with van der Waals surface area (Å²) in [5.74, 6) is -0.0625. The third kappa shape index (κ3) is 5.03. The molecule has 1 aromatic rings. The van der Waals surface area contributed by atoms with Gasteiger partial charge in [-0.1, -0.05) is 30.3 Å². The van der Waals surface area contributed by atoms with Gasteiger partial charge in [0.05, 0.1) is 13.0 Å². The second-order valence-corrected chi connectivity index (χ2v) is 7.66. The van der Waals surface area contributed by atoms with Gasteiger partial charge in [0.2, 0.25) is 0 Å². The Morgan fingerprint density at radius 2 is 2.04 bits per heavy atom. The van der Waals surface area contributed by atoms with E-state index in [1.165, 1.54) is 12.0 Å². The van der Waals surface area contributed by atoms with Crippen LogP contribution in [0.15, 0.2) is 30.3 Å². The van der Waals surface area contributed by atoms with Crippen LogP contribution in [-0.4, -0.2) is 61.9 Å². The number of likely N-dealkylation sites (tertiary alicyclic amines) is 1. The third-order valence-electron chi connectivity index (χ3n) is 5.77. The van der Waals surface area contributed by atoms with E-state index in [-0.39, 0.29) is 11.8 Å². The van der Waals surface area contributed by atoms with Gasteiger partial charge >= 0.3 is 5.97 Å². The van der Waals surface area contributed by atoms with Crippen molar-refractivity contribution in [1.29, 1.82) is 0 Å². The number of carbonyl (C=O) groups is 1. The van der Waals surface area contributed by atoms with Crippen LogP contribution >= 0.6 is 0 Å². The van der Waals surface area contributed by atoms with Gasteiger partial charge in [-0.3, -0.25) is 4.79 Å². The van der Waals surface area contributed by atoms with Gasteiger partial charge in [0.1, 0.15) is 0 Å². The molecule has 1 saturated heterocycles. The standard InChI is InChI=1S/C20H30N2O3/c1-25-15-20(8-11-22(12-9-20)10-7-19(23)24)14-21-18-13-17(18)16-5-3-2-4-6-16/h2-6,17-18,21H,7-15H2,1H3,(H,23,24). The molecule has 0 amide bonds. The van der Waals surface area contributed by atoms with E-state index in [1.54, 1.807) is 7.11 Å². The van der Waals surface area contributed by atoms with Crippen LogP contribution in [0.4, 0.5) is 0 Å². The Kier molecular flexibility index (Phi) is 6.10. The van der Waals surface area contributed by atoms with Gasteiger partial charge in [-0.15, -0.1) is 0 Å². The fourth-order valence-corrected chi connectivity index (χ4v) is 4.02. The number of nitrogens with zero attached hydrogens (tertiary/aromatic N) is 1.